The first-order valence-corrected chi connectivity index (χ1v) is 3.40. The first-order chi connectivity index (χ1) is 7.23. The van der Waals surface area contributed by atoms with Gasteiger partial charge in [-0.2, -0.15) is 39.5 Å². The van der Waals surface area contributed by atoms with Gasteiger partial charge in [-0.1, -0.05) is 0 Å². The minimum atomic E-state index is -7.23. The molecule has 0 fully saturated rings. The lowest BCUT2D eigenvalue weighted by molar-refractivity contribution is -0.391. The third-order valence-electron chi connectivity index (χ3n) is 1.54. The Kier molecular flexibility index (Phi) is 3.77. The standard InChI is InChI=1S/C6HF11/c7-1-2(8)3(9,10)4(11,12)5(13,14)6(15,16)17/h1H/b2-1-. The summed E-state index contributed by atoms with van der Waals surface area (Å²) in [5.41, 5.74) is 0. The van der Waals surface area contributed by atoms with Crippen molar-refractivity contribution in [3.05, 3.63) is 12.2 Å². The van der Waals surface area contributed by atoms with E-state index in [0.717, 1.165) is 0 Å². The van der Waals surface area contributed by atoms with E-state index in [2.05, 4.69) is 0 Å². The van der Waals surface area contributed by atoms with Gasteiger partial charge in [0, 0.05) is 0 Å². The Hall–Kier alpha value is -1.03. The van der Waals surface area contributed by atoms with E-state index in [-0.39, 0.29) is 0 Å². The number of allylic oxidation sites excluding steroid dienone is 1. The molecule has 0 radical (unpaired) electrons. The highest BCUT2D eigenvalue weighted by Gasteiger charge is 2.83. The Morgan fingerprint density at radius 3 is 1.29 bits per heavy atom. The van der Waals surface area contributed by atoms with Crippen LogP contribution in [-0.2, 0) is 0 Å². The first-order valence-electron chi connectivity index (χ1n) is 3.40. The van der Waals surface area contributed by atoms with Crippen LogP contribution in [0.4, 0.5) is 48.3 Å². The van der Waals surface area contributed by atoms with E-state index in [1.165, 1.54) is 0 Å². The molecule has 0 heterocycles. The van der Waals surface area contributed by atoms with Gasteiger partial charge in [-0.15, -0.1) is 0 Å². The maximum atomic E-state index is 12.2. The molecule has 0 atom stereocenters. The maximum Gasteiger partial charge on any atom is 0.460 e. The van der Waals surface area contributed by atoms with E-state index in [4.69, 9.17) is 0 Å². The number of halogens is 11. The van der Waals surface area contributed by atoms with Crippen LogP contribution >= 0.6 is 0 Å². The number of hydrogen-bond donors (Lipinski definition) is 0. The van der Waals surface area contributed by atoms with Crippen molar-refractivity contribution in [1.29, 1.82) is 0 Å². The molecule has 0 unspecified atom stereocenters. The molecule has 0 aliphatic heterocycles. The zero-order valence-electron chi connectivity index (χ0n) is 7.23. The van der Waals surface area contributed by atoms with Crippen molar-refractivity contribution in [2.75, 3.05) is 0 Å². The second-order valence-electron chi connectivity index (χ2n) is 2.68. The monoisotopic (exact) mass is 282 g/mol. The van der Waals surface area contributed by atoms with Crippen molar-refractivity contribution in [2.45, 2.75) is 23.9 Å². The topological polar surface area (TPSA) is 0 Å². The molecule has 0 saturated carbocycles. The first kappa shape index (κ1) is 16.0. The summed E-state index contributed by atoms with van der Waals surface area (Å²) in [6.07, 6.45) is -8.89. The molecule has 0 aliphatic carbocycles. The zero-order valence-corrected chi connectivity index (χ0v) is 7.23. The van der Waals surface area contributed by atoms with Gasteiger partial charge in [0.15, 0.2) is 0 Å². The Morgan fingerprint density at radius 1 is 0.706 bits per heavy atom. The van der Waals surface area contributed by atoms with Crippen LogP contribution in [0.1, 0.15) is 0 Å². The summed E-state index contributed by atoms with van der Waals surface area (Å²) in [6.45, 7) is 0. The molecule has 0 aromatic heterocycles. The molecule has 0 amide bonds. The fourth-order valence-electron chi connectivity index (χ4n) is 0.594. The van der Waals surface area contributed by atoms with Crippen LogP contribution in [0.15, 0.2) is 12.2 Å². The lowest BCUT2D eigenvalue weighted by atomic mass is 10.0. The Balaban J connectivity index is 5.72. The molecule has 0 aromatic rings. The van der Waals surface area contributed by atoms with E-state index in [0.29, 0.717) is 0 Å². The van der Waals surface area contributed by atoms with Crippen molar-refractivity contribution in [3.8, 4) is 0 Å². The summed E-state index contributed by atoms with van der Waals surface area (Å²) in [5, 5.41) is 0. The average molecular weight is 282 g/mol. The van der Waals surface area contributed by atoms with E-state index < -0.39 is 36.1 Å². The Bertz CT molecular complexity index is 308. The molecule has 11 heteroatoms. The van der Waals surface area contributed by atoms with E-state index in [9.17, 15) is 48.3 Å². The van der Waals surface area contributed by atoms with Crippen molar-refractivity contribution in [1.82, 2.24) is 0 Å². The summed E-state index contributed by atoms with van der Waals surface area (Å²) < 4.78 is 130. The predicted molar refractivity (Wildman–Crippen MR) is 31.2 cm³/mol. The third-order valence-corrected chi connectivity index (χ3v) is 1.54. The lowest BCUT2D eigenvalue weighted by Gasteiger charge is -2.32. The largest absolute Gasteiger partial charge is 0.460 e. The second kappa shape index (κ2) is 4.02. The molecule has 0 rings (SSSR count). The molecular weight excluding hydrogens is 281 g/mol. The van der Waals surface area contributed by atoms with Crippen LogP contribution in [-0.4, -0.2) is 23.9 Å². The maximum absolute atomic E-state index is 12.2. The SMILES string of the molecule is F/C=C(\F)C(F)(F)C(F)(F)C(F)(F)C(F)(F)F. The number of alkyl halides is 9. The van der Waals surface area contributed by atoms with E-state index in [1.807, 2.05) is 0 Å². The molecule has 0 aromatic carbocycles. The normalized spacial score (nSPS) is 16.3. The van der Waals surface area contributed by atoms with Gasteiger partial charge in [-0.25, -0.2) is 8.78 Å². The third kappa shape index (κ3) is 2.18. The van der Waals surface area contributed by atoms with E-state index >= 15 is 0 Å². The lowest BCUT2D eigenvalue weighted by Crippen LogP contribution is -2.61. The summed E-state index contributed by atoms with van der Waals surface area (Å²) in [4.78, 5) is 0. The molecule has 17 heavy (non-hydrogen) atoms. The zero-order chi connectivity index (χ0) is 14.3. The summed E-state index contributed by atoms with van der Waals surface area (Å²) >= 11 is 0. The van der Waals surface area contributed by atoms with Crippen LogP contribution in [0.5, 0.6) is 0 Å². The number of hydrogen-bond acceptors (Lipinski definition) is 0. The fraction of sp³-hybridized carbons (Fsp3) is 0.667. The van der Waals surface area contributed by atoms with Crippen LogP contribution in [0.25, 0.3) is 0 Å². The van der Waals surface area contributed by atoms with Gasteiger partial charge in [0.25, 0.3) is 0 Å². The van der Waals surface area contributed by atoms with E-state index in [1.54, 1.807) is 0 Å². The highest BCUT2D eigenvalue weighted by Crippen LogP contribution is 2.55. The number of rotatable bonds is 3. The van der Waals surface area contributed by atoms with Crippen molar-refractivity contribution in [2.24, 2.45) is 0 Å². The van der Waals surface area contributed by atoms with Gasteiger partial charge >= 0.3 is 23.9 Å². The summed E-state index contributed by atoms with van der Waals surface area (Å²) in [6, 6.07) is 0. The van der Waals surface area contributed by atoms with Crippen LogP contribution < -0.4 is 0 Å². The molecular formula is C6HF11. The van der Waals surface area contributed by atoms with Crippen LogP contribution in [0, 0.1) is 0 Å². The molecule has 0 aliphatic rings. The molecule has 0 nitrogen and oxygen atoms in total. The fourth-order valence-corrected chi connectivity index (χ4v) is 0.594. The molecule has 0 N–H and O–H groups in total. The molecule has 0 bridgehead atoms. The Labute approximate surface area is 85.7 Å². The smallest absolute Gasteiger partial charge is 0.212 e. The predicted octanol–water partition coefficient (Wildman–Crippen LogP) is 4.24. The van der Waals surface area contributed by atoms with Crippen LogP contribution in [0.2, 0.25) is 0 Å². The minimum Gasteiger partial charge on any atom is -0.212 e. The van der Waals surface area contributed by atoms with Gasteiger partial charge in [0.2, 0.25) is 5.83 Å². The second-order valence-corrected chi connectivity index (χ2v) is 2.68. The van der Waals surface area contributed by atoms with Gasteiger partial charge in [-0.3, -0.25) is 0 Å². The van der Waals surface area contributed by atoms with Gasteiger partial charge in [0.1, 0.15) is 6.33 Å². The van der Waals surface area contributed by atoms with Gasteiger partial charge in [-0.05, 0) is 0 Å². The van der Waals surface area contributed by atoms with Gasteiger partial charge < -0.3 is 0 Å². The molecule has 0 saturated heterocycles. The van der Waals surface area contributed by atoms with Crippen LogP contribution in [0.3, 0.4) is 0 Å². The van der Waals surface area contributed by atoms with Crippen molar-refractivity contribution >= 4 is 0 Å². The average Bonchev–Trinajstić information content (AvgIpc) is 2.13. The minimum absolute atomic E-state index is 1.83. The van der Waals surface area contributed by atoms with Crippen molar-refractivity contribution in [3.63, 3.8) is 0 Å². The highest BCUT2D eigenvalue weighted by atomic mass is 19.4. The summed E-state index contributed by atoms with van der Waals surface area (Å²) in [5.74, 6) is -24.8. The molecule has 102 valence electrons. The summed E-state index contributed by atoms with van der Waals surface area (Å²) in [7, 11) is 0. The van der Waals surface area contributed by atoms with Gasteiger partial charge in [0.05, 0.1) is 0 Å². The van der Waals surface area contributed by atoms with Crippen molar-refractivity contribution < 1.29 is 48.3 Å². The molecule has 0 spiro atoms. The quantitative estimate of drug-likeness (QED) is 0.679. The Morgan fingerprint density at radius 2 is 1.06 bits per heavy atom. The highest BCUT2D eigenvalue weighted by molar-refractivity contribution is 5.13.